The zero-order valence-electron chi connectivity index (χ0n) is 15.6. The lowest BCUT2D eigenvalue weighted by atomic mass is 10.2. The van der Waals surface area contributed by atoms with Gasteiger partial charge in [0.05, 0.1) is 17.1 Å². The number of amides is 1. The molecule has 2 aromatic rings. The van der Waals surface area contributed by atoms with Crippen LogP contribution in [0.2, 0.25) is 0 Å². The molecule has 8 heteroatoms. The second-order valence-corrected chi connectivity index (χ2v) is 6.88. The lowest BCUT2D eigenvalue weighted by molar-refractivity contribution is -0.133. The molecule has 3 rings (SSSR count). The summed E-state index contributed by atoms with van der Waals surface area (Å²) < 4.78 is 21.6. The van der Waals surface area contributed by atoms with Gasteiger partial charge >= 0.3 is 5.97 Å². The maximum absolute atomic E-state index is 12.6. The molecule has 7 nitrogen and oxygen atoms in total. The van der Waals surface area contributed by atoms with Crippen molar-refractivity contribution in [2.24, 2.45) is 0 Å². The van der Waals surface area contributed by atoms with Crippen LogP contribution in [-0.2, 0) is 16.1 Å². The average Bonchev–Trinajstić information content (AvgIpc) is 3.18. The highest BCUT2D eigenvalue weighted by Crippen LogP contribution is 2.33. The summed E-state index contributed by atoms with van der Waals surface area (Å²) in [4.78, 5) is 25.8. The predicted molar refractivity (Wildman–Crippen MR) is 105 cm³/mol. The molecule has 2 aromatic carbocycles. The van der Waals surface area contributed by atoms with E-state index in [1.54, 1.807) is 23.1 Å². The normalized spacial score (nSPS) is 11.8. The van der Waals surface area contributed by atoms with E-state index >= 15 is 0 Å². The summed E-state index contributed by atoms with van der Waals surface area (Å²) in [5.41, 5.74) is 1.34. The van der Waals surface area contributed by atoms with Crippen LogP contribution >= 0.6 is 15.9 Å². The van der Waals surface area contributed by atoms with Crippen molar-refractivity contribution >= 4 is 27.8 Å². The second kappa shape index (κ2) is 8.97. The quantitative estimate of drug-likeness (QED) is 0.603. The molecule has 0 fully saturated rings. The molecule has 0 atom stereocenters. The van der Waals surface area contributed by atoms with E-state index in [-0.39, 0.29) is 19.3 Å². The Morgan fingerprint density at radius 3 is 2.64 bits per heavy atom. The monoisotopic (exact) mass is 449 g/mol. The second-order valence-electron chi connectivity index (χ2n) is 6.02. The standard InChI is InChI=1S/C20H20BrNO6/c1-3-22(10-13-4-6-17-18(8-13)28-12-27-17)19(23)11-26-16-7-5-14(9-15(16)21)20(24)25-2/h4-9H,3,10-12H2,1-2H3. The largest absolute Gasteiger partial charge is 0.483 e. The number of ether oxygens (including phenoxy) is 4. The van der Waals surface area contributed by atoms with Crippen LogP contribution in [0.5, 0.6) is 17.2 Å². The first-order valence-electron chi connectivity index (χ1n) is 8.68. The van der Waals surface area contributed by atoms with Crippen molar-refractivity contribution < 1.29 is 28.5 Å². The first-order chi connectivity index (χ1) is 13.5. The van der Waals surface area contributed by atoms with E-state index in [9.17, 15) is 9.59 Å². The fourth-order valence-corrected chi connectivity index (χ4v) is 3.22. The van der Waals surface area contributed by atoms with Gasteiger partial charge in [-0.05, 0) is 58.7 Å². The molecule has 1 amide bonds. The molecule has 0 aromatic heterocycles. The Morgan fingerprint density at radius 1 is 1.14 bits per heavy atom. The van der Waals surface area contributed by atoms with Crippen LogP contribution in [0.3, 0.4) is 0 Å². The van der Waals surface area contributed by atoms with Crippen LogP contribution < -0.4 is 14.2 Å². The van der Waals surface area contributed by atoms with Crippen LogP contribution in [0, 0.1) is 0 Å². The van der Waals surface area contributed by atoms with Gasteiger partial charge in [-0.15, -0.1) is 0 Å². The summed E-state index contributed by atoms with van der Waals surface area (Å²) in [6.45, 7) is 2.99. The molecular formula is C20H20BrNO6. The summed E-state index contributed by atoms with van der Waals surface area (Å²) in [5, 5.41) is 0. The number of benzene rings is 2. The van der Waals surface area contributed by atoms with Gasteiger partial charge in [0.2, 0.25) is 6.79 Å². The molecule has 1 heterocycles. The third-order valence-electron chi connectivity index (χ3n) is 4.25. The molecule has 0 aliphatic carbocycles. The Labute approximate surface area is 171 Å². The van der Waals surface area contributed by atoms with E-state index in [4.69, 9.17) is 14.2 Å². The molecule has 0 bridgehead atoms. The molecule has 0 saturated carbocycles. The van der Waals surface area contributed by atoms with Crippen molar-refractivity contribution in [1.82, 2.24) is 4.90 Å². The molecule has 1 aliphatic heterocycles. The number of fused-ring (bicyclic) bond motifs is 1. The van der Waals surface area contributed by atoms with Crippen LogP contribution in [0.1, 0.15) is 22.8 Å². The van der Waals surface area contributed by atoms with E-state index < -0.39 is 5.97 Å². The Kier molecular flexibility index (Phi) is 6.41. The lowest BCUT2D eigenvalue weighted by Crippen LogP contribution is -2.34. The molecule has 1 aliphatic rings. The topological polar surface area (TPSA) is 74.3 Å². The minimum Gasteiger partial charge on any atom is -0.483 e. The van der Waals surface area contributed by atoms with E-state index in [1.807, 2.05) is 25.1 Å². The van der Waals surface area contributed by atoms with Gasteiger partial charge in [0.25, 0.3) is 5.91 Å². The molecular weight excluding hydrogens is 430 g/mol. The number of carbonyl (C=O) groups is 2. The highest BCUT2D eigenvalue weighted by atomic mass is 79.9. The summed E-state index contributed by atoms with van der Waals surface area (Å²) >= 11 is 3.35. The highest BCUT2D eigenvalue weighted by molar-refractivity contribution is 9.10. The molecule has 0 N–H and O–H groups in total. The zero-order chi connectivity index (χ0) is 20.1. The Balaban J connectivity index is 1.60. The van der Waals surface area contributed by atoms with E-state index in [0.29, 0.717) is 40.4 Å². The first-order valence-corrected chi connectivity index (χ1v) is 9.48. The molecule has 28 heavy (non-hydrogen) atoms. The van der Waals surface area contributed by atoms with E-state index in [2.05, 4.69) is 20.7 Å². The summed E-state index contributed by atoms with van der Waals surface area (Å²) in [5.74, 6) is 1.28. The number of halogens is 1. The average molecular weight is 450 g/mol. The van der Waals surface area contributed by atoms with Gasteiger partial charge in [-0.1, -0.05) is 6.07 Å². The van der Waals surface area contributed by atoms with Crippen molar-refractivity contribution in [1.29, 1.82) is 0 Å². The minimum atomic E-state index is -0.441. The number of nitrogens with zero attached hydrogens (tertiary/aromatic N) is 1. The third-order valence-corrected chi connectivity index (χ3v) is 4.87. The van der Waals surface area contributed by atoms with Crippen LogP contribution in [-0.4, -0.2) is 43.8 Å². The highest BCUT2D eigenvalue weighted by Gasteiger charge is 2.18. The molecule has 0 saturated heterocycles. The van der Waals surface area contributed by atoms with Crippen LogP contribution in [0.15, 0.2) is 40.9 Å². The Morgan fingerprint density at radius 2 is 1.93 bits per heavy atom. The smallest absolute Gasteiger partial charge is 0.337 e. The SMILES string of the molecule is CCN(Cc1ccc2c(c1)OCO2)C(=O)COc1ccc(C(=O)OC)cc1Br. The van der Waals surface area contributed by atoms with Crippen LogP contribution in [0.4, 0.5) is 0 Å². The molecule has 0 unspecified atom stereocenters. The third kappa shape index (κ3) is 4.56. The summed E-state index contributed by atoms with van der Waals surface area (Å²) in [7, 11) is 1.32. The van der Waals surface area contributed by atoms with Gasteiger partial charge in [-0.25, -0.2) is 4.79 Å². The number of hydrogen-bond donors (Lipinski definition) is 0. The number of carbonyl (C=O) groups excluding carboxylic acids is 2. The van der Waals surface area contributed by atoms with Gasteiger partial charge in [0, 0.05) is 13.1 Å². The number of likely N-dealkylation sites (N-methyl/N-ethyl adjacent to an activating group) is 1. The number of esters is 1. The summed E-state index contributed by atoms with van der Waals surface area (Å²) in [6, 6.07) is 10.4. The van der Waals surface area contributed by atoms with Gasteiger partial charge in [-0.3, -0.25) is 4.79 Å². The van der Waals surface area contributed by atoms with Gasteiger partial charge in [0.15, 0.2) is 18.1 Å². The predicted octanol–water partition coefficient (Wildman–Crippen LogP) is 3.39. The molecule has 0 spiro atoms. The number of rotatable bonds is 7. The van der Waals surface area contributed by atoms with Crippen molar-refractivity contribution in [3.05, 3.63) is 52.0 Å². The van der Waals surface area contributed by atoms with Crippen LogP contribution in [0.25, 0.3) is 0 Å². The van der Waals surface area contributed by atoms with Crippen molar-refractivity contribution in [2.45, 2.75) is 13.5 Å². The van der Waals surface area contributed by atoms with Gasteiger partial charge < -0.3 is 23.8 Å². The van der Waals surface area contributed by atoms with E-state index in [1.165, 1.54) is 7.11 Å². The van der Waals surface area contributed by atoms with Crippen molar-refractivity contribution in [3.8, 4) is 17.2 Å². The molecule has 0 radical (unpaired) electrons. The first kappa shape index (κ1) is 20.0. The Hall–Kier alpha value is -2.74. The van der Waals surface area contributed by atoms with Crippen molar-refractivity contribution in [3.63, 3.8) is 0 Å². The zero-order valence-corrected chi connectivity index (χ0v) is 17.2. The minimum absolute atomic E-state index is 0.117. The maximum atomic E-state index is 12.6. The fraction of sp³-hybridized carbons (Fsp3) is 0.300. The number of methoxy groups -OCH3 is 1. The van der Waals surface area contributed by atoms with E-state index in [0.717, 1.165) is 5.56 Å². The van der Waals surface area contributed by atoms with Gasteiger partial charge in [0.1, 0.15) is 5.75 Å². The Bertz CT molecular complexity index is 885. The lowest BCUT2D eigenvalue weighted by Gasteiger charge is -2.21. The molecule has 148 valence electrons. The number of hydrogen-bond acceptors (Lipinski definition) is 6. The van der Waals surface area contributed by atoms with Gasteiger partial charge in [-0.2, -0.15) is 0 Å². The maximum Gasteiger partial charge on any atom is 0.337 e. The summed E-state index contributed by atoms with van der Waals surface area (Å²) in [6.07, 6.45) is 0. The van der Waals surface area contributed by atoms with Crippen molar-refractivity contribution in [2.75, 3.05) is 27.1 Å². The fourth-order valence-electron chi connectivity index (χ4n) is 2.73.